The molecule has 4 aromatic rings. The van der Waals surface area contributed by atoms with Crippen LogP contribution in [0.1, 0.15) is 62.4 Å². The molecule has 1 aliphatic heterocycles. The molecule has 0 spiro atoms. The van der Waals surface area contributed by atoms with Gasteiger partial charge in [0.1, 0.15) is 24.1 Å². The highest BCUT2D eigenvalue weighted by molar-refractivity contribution is 9.10. The Morgan fingerprint density at radius 1 is 0.845 bits per heavy atom. The van der Waals surface area contributed by atoms with Gasteiger partial charge < -0.3 is 65.1 Å². The summed E-state index contributed by atoms with van der Waals surface area (Å²) in [5, 5.41) is 14.7. The third-order valence-electron chi connectivity index (χ3n) is 13.2. The number of aliphatic imine (C=N–C) groups is 1. The summed E-state index contributed by atoms with van der Waals surface area (Å²) >= 11 is 4.81. The molecular formula is C62H88BrN11O9S. The van der Waals surface area contributed by atoms with Crippen molar-refractivity contribution in [3.8, 4) is 11.5 Å². The third-order valence-corrected chi connectivity index (χ3v) is 14.5. The van der Waals surface area contributed by atoms with E-state index in [1.54, 1.807) is 34.7 Å². The Labute approximate surface area is 509 Å². The van der Waals surface area contributed by atoms with Gasteiger partial charge in [-0.1, -0.05) is 71.6 Å². The number of aryl methyl sites for hydroxylation is 1. The normalized spacial score (nSPS) is 13.3. The lowest BCUT2D eigenvalue weighted by Gasteiger charge is -2.35. The zero-order chi connectivity index (χ0) is 60.7. The van der Waals surface area contributed by atoms with Crippen molar-refractivity contribution < 1.29 is 42.9 Å². The number of hydrogen-bond donors (Lipinski definition) is 4. The van der Waals surface area contributed by atoms with Gasteiger partial charge >= 0.3 is 0 Å². The maximum atomic E-state index is 13.8. The summed E-state index contributed by atoms with van der Waals surface area (Å²) < 4.78 is 29.6. The summed E-state index contributed by atoms with van der Waals surface area (Å²) in [6.45, 7) is 21.5. The summed E-state index contributed by atoms with van der Waals surface area (Å²) in [5.74, 6) is 6.86. The third kappa shape index (κ3) is 27.7. The Kier molecular flexibility index (Phi) is 34.2. The number of nitrogens with zero attached hydrogens (tertiary/aromatic N) is 7. The molecule has 4 amide bonds. The molecule has 1 aliphatic rings. The van der Waals surface area contributed by atoms with Crippen LogP contribution in [0.2, 0.25) is 0 Å². The molecular weight excluding hydrogens is 1150 g/mol. The topological polar surface area (TPSA) is 227 Å². The molecule has 22 heteroatoms. The number of rotatable bonds is 39. The Morgan fingerprint density at radius 2 is 1.51 bits per heavy atom. The number of thiazole rings is 1. The summed E-state index contributed by atoms with van der Waals surface area (Å²) in [6.07, 6.45) is 11.0. The first-order valence-corrected chi connectivity index (χ1v) is 30.1. The van der Waals surface area contributed by atoms with E-state index >= 15 is 0 Å². The minimum atomic E-state index is -0.797. The van der Waals surface area contributed by atoms with E-state index in [1.165, 1.54) is 11.3 Å². The molecule has 1 aromatic heterocycles. The van der Waals surface area contributed by atoms with Crippen molar-refractivity contribution in [3.05, 3.63) is 136 Å². The molecule has 0 aliphatic carbocycles. The van der Waals surface area contributed by atoms with E-state index in [2.05, 4.69) is 84.0 Å². The van der Waals surface area contributed by atoms with Crippen LogP contribution in [0, 0.1) is 0 Å². The zero-order valence-corrected chi connectivity index (χ0v) is 52.1. The second kappa shape index (κ2) is 41.3. The lowest BCUT2D eigenvalue weighted by atomic mass is 10.0. The fraction of sp³-hybridized carbons (Fsp3) is 0.468. The molecule has 458 valence electrons. The Bertz CT molecular complexity index is 2650. The number of piperazine rings is 1. The van der Waals surface area contributed by atoms with Crippen molar-refractivity contribution in [1.82, 2.24) is 29.9 Å². The van der Waals surface area contributed by atoms with Crippen LogP contribution in [0.15, 0.2) is 130 Å². The quantitative estimate of drug-likeness (QED) is 0.00834. The van der Waals surface area contributed by atoms with Crippen LogP contribution in [-0.4, -0.2) is 193 Å². The first-order chi connectivity index (χ1) is 40.8. The number of amides is 4. The average molecular weight is 1240 g/mol. The largest absolute Gasteiger partial charge is 0.494 e. The van der Waals surface area contributed by atoms with Gasteiger partial charge in [0.2, 0.25) is 24.1 Å². The zero-order valence-electron chi connectivity index (χ0n) is 49.7. The number of ether oxygens (including phenoxy) is 5. The van der Waals surface area contributed by atoms with Crippen molar-refractivity contribution in [2.24, 2.45) is 15.9 Å². The fourth-order valence-corrected chi connectivity index (χ4v) is 9.34. The number of carbonyl (C=O) groups excluding carboxylic acids is 4. The molecule has 1 atom stereocenters. The molecule has 1 saturated heterocycles. The van der Waals surface area contributed by atoms with Crippen molar-refractivity contribution in [2.45, 2.75) is 64.5 Å². The number of nitrogens with two attached hydrogens (primary N) is 1. The number of likely N-dealkylation sites (N-methyl/N-ethyl adjacent to an activating group) is 2. The van der Waals surface area contributed by atoms with Crippen molar-refractivity contribution in [3.63, 3.8) is 0 Å². The van der Waals surface area contributed by atoms with Crippen LogP contribution in [0.5, 0.6) is 11.5 Å². The highest BCUT2D eigenvalue weighted by Crippen LogP contribution is 2.27. The van der Waals surface area contributed by atoms with Crippen LogP contribution in [-0.2, 0) is 46.2 Å². The molecule has 5 rings (SSSR count). The lowest BCUT2D eigenvalue weighted by Crippen LogP contribution is -2.47. The minimum absolute atomic E-state index is 0.101. The Balaban J connectivity index is 0.000000707. The van der Waals surface area contributed by atoms with E-state index < -0.39 is 6.04 Å². The average Bonchev–Trinajstić information content (AvgIpc) is 4.02. The molecule has 0 saturated carbocycles. The van der Waals surface area contributed by atoms with Crippen molar-refractivity contribution in [1.29, 1.82) is 0 Å². The second-order valence-electron chi connectivity index (χ2n) is 19.9. The maximum absolute atomic E-state index is 13.8. The van der Waals surface area contributed by atoms with Gasteiger partial charge in [-0.05, 0) is 119 Å². The first kappa shape index (κ1) is 69.7. The summed E-state index contributed by atoms with van der Waals surface area (Å²) in [6, 6.07) is 22.1. The molecule has 1 unspecified atom stereocenters. The number of unbranched alkanes of at least 4 members (excludes halogenated alkanes) is 1. The second-order valence-corrected chi connectivity index (χ2v) is 21.7. The monoisotopic (exact) mass is 1240 g/mol. The molecule has 20 nitrogen and oxygen atoms in total. The van der Waals surface area contributed by atoms with Crippen LogP contribution in [0.3, 0.4) is 0 Å². The van der Waals surface area contributed by atoms with Gasteiger partial charge in [0.15, 0.2) is 5.13 Å². The van der Waals surface area contributed by atoms with Crippen molar-refractivity contribution >= 4 is 74.1 Å². The number of carbonyl (C=O) groups is 4. The first-order valence-electron chi connectivity index (χ1n) is 28.5. The van der Waals surface area contributed by atoms with Crippen LogP contribution < -0.4 is 31.3 Å². The fourth-order valence-electron chi connectivity index (χ4n) is 8.40. The number of nitrogens with one attached hydrogen (secondary N) is 3. The molecule has 0 bridgehead atoms. The number of halogens is 1. The summed E-state index contributed by atoms with van der Waals surface area (Å²) in [4.78, 5) is 66.4. The Hall–Kier alpha value is -6.79. The highest BCUT2D eigenvalue weighted by atomic mass is 79.9. The lowest BCUT2D eigenvalue weighted by molar-refractivity contribution is -0.142. The summed E-state index contributed by atoms with van der Waals surface area (Å²) in [7, 11) is 6.02. The van der Waals surface area contributed by atoms with Gasteiger partial charge in [0, 0.05) is 87.0 Å². The number of allylic oxidation sites excluding steroid dienone is 2. The van der Waals surface area contributed by atoms with Gasteiger partial charge in [-0.3, -0.25) is 24.2 Å². The van der Waals surface area contributed by atoms with Crippen LogP contribution in [0.4, 0.5) is 10.8 Å². The molecule has 1 fully saturated rings. The van der Waals surface area contributed by atoms with Gasteiger partial charge in [-0.2, -0.15) is 5.10 Å². The van der Waals surface area contributed by atoms with Gasteiger partial charge in [-0.15, -0.1) is 11.3 Å². The number of anilines is 2. The highest BCUT2D eigenvalue weighted by Gasteiger charge is 2.33. The minimum Gasteiger partial charge on any atom is -0.494 e. The van der Waals surface area contributed by atoms with E-state index in [1.807, 2.05) is 98.6 Å². The van der Waals surface area contributed by atoms with Crippen molar-refractivity contribution in [2.75, 3.05) is 137 Å². The molecule has 0 radical (unpaired) electrons. The summed E-state index contributed by atoms with van der Waals surface area (Å²) in [5.41, 5.74) is 4.98. The van der Waals surface area contributed by atoms with E-state index in [9.17, 15) is 19.2 Å². The van der Waals surface area contributed by atoms with Gasteiger partial charge in [-0.25, -0.2) is 4.98 Å². The number of aromatic nitrogens is 1. The standard InChI is InChI=1S/C51H72BrN7O7.C11H16N4O2S/c1-7-11-41(8-2)38-56-51(61)50(43-15-17-44(52)18-16-43)59(40(3)4)49(60)25-14-42-12-21-47(22-13-42)65-30-10-9-28-58(6)29-33-64-35-34-62-31-26-46(57-53)39-55-27-32-63-36-37-66-48-23-19-45(54-5)20-24-48;1-14-2-4-15(5-3-14)10(17)6-9-7-18-11(13-9)12-8-16/h7-8,11-13,15-24,39-40,50,54H,1-2,9-10,14,25-38,53H2,3-6H3,(H,56,61);7-8H,2-6H2,1H3,(H,12,13,16)/b41-11+,55-39?,57-46-;. The molecule has 3 aromatic carbocycles. The van der Waals surface area contributed by atoms with E-state index in [4.69, 9.17) is 29.5 Å². The number of hydrazone groups is 1. The molecule has 84 heavy (non-hydrogen) atoms. The SMILES string of the molecule is C=C/C=C(\C=C)CNC(=O)C(c1ccc(Br)cc1)N(C(=O)CCc1ccc(OCCCCN(C)CCOCCOCC/C(C=NCCOCCOc2ccc(NC)cc2)=N/N)cc1)C(C)C.CN1CCN(C(=O)Cc2csc(NC=O)n2)CC1. The predicted molar refractivity (Wildman–Crippen MR) is 340 cm³/mol. The van der Waals surface area contributed by atoms with Crippen LogP contribution in [0.25, 0.3) is 0 Å². The van der Waals surface area contributed by atoms with E-state index in [0.29, 0.717) is 102 Å². The smallest absolute Gasteiger partial charge is 0.247 e. The Morgan fingerprint density at radius 3 is 2.17 bits per heavy atom. The molecule has 2 heterocycles. The van der Waals surface area contributed by atoms with Gasteiger partial charge in [0.05, 0.1) is 70.6 Å². The van der Waals surface area contributed by atoms with E-state index in [-0.39, 0.29) is 36.7 Å². The molecule has 5 N–H and O–H groups in total. The van der Waals surface area contributed by atoms with Gasteiger partial charge in [0.25, 0.3) is 0 Å². The number of benzene rings is 3. The maximum Gasteiger partial charge on any atom is 0.247 e. The predicted octanol–water partition coefficient (Wildman–Crippen LogP) is 7.84. The number of hydrogen-bond acceptors (Lipinski definition) is 17. The van der Waals surface area contributed by atoms with E-state index in [0.717, 1.165) is 90.5 Å². The van der Waals surface area contributed by atoms with Crippen LogP contribution >= 0.6 is 27.3 Å².